The number of ether oxygens (including phenoxy) is 4. The summed E-state index contributed by atoms with van der Waals surface area (Å²) in [6.07, 6.45) is 1.76. The van der Waals surface area contributed by atoms with Crippen molar-refractivity contribution in [3.8, 4) is 17.2 Å². The van der Waals surface area contributed by atoms with Crippen LogP contribution >= 0.6 is 0 Å². The Kier molecular flexibility index (Phi) is 7.45. The van der Waals surface area contributed by atoms with E-state index >= 15 is 0 Å². The van der Waals surface area contributed by atoms with E-state index in [0.29, 0.717) is 59.6 Å². The number of ketones is 1. The van der Waals surface area contributed by atoms with Crippen molar-refractivity contribution in [2.75, 3.05) is 60.7 Å². The Bertz CT molecular complexity index is 1420. The molecule has 0 bridgehead atoms. The largest absolute Gasteiger partial charge is 0.505 e. The lowest BCUT2D eigenvalue weighted by atomic mass is 9.95. The zero-order valence-electron chi connectivity index (χ0n) is 22.5. The Morgan fingerprint density at radius 1 is 1.05 bits per heavy atom. The summed E-state index contributed by atoms with van der Waals surface area (Å²) in [5.74, 6) is -0.620. The van der Waals surface area contributed by atoms with Crippen LogP contribution in [0.3, 0.4) is 0 Å². The molecule has 3 aromatic rings. The number of aryl methyl sites for hydroxylation is 1. The maximum absolute atomic E-state index is 13.6. The molecule has 39 heavy (non-hydrogen) atoms. The number of nitrogens with zero attached hydrogens (tertiary/aromatic N) is 4. The van der Waals surface area contributed by atoms with Crippen molar-refractivity contribution < 1.29 is 33.6 Å². The molecule has 11 nitrogen and oxygen atoms in total. The predicted octanol–water partition coefficient (Wildman–Crippen LogP) is 2.42. The molecule has 206 valence electrons. The highest BCUT2D eigenvalue weighted by molar-refractivity contribution is 6.46. The van der Waals surface area contributed by atoms with E-state index in [0.717, 1.165) is 13.1 Å². The minimum atomic E-state index is -0.895. The molecule has 0 aliphatic carbocycles. The van der Waals surface area contributed by atoms with Gasteiger partial charge in [-0.3, -0.25) is 18.9 Å². The van der Waals surface area contributed by atoms with Crippen molar-refractivity contribution >= 4 is 23.1 Å². The first-order valence-corrected chi connectivity index (χ1v) is 12.7. The summed E-state index contributed by atoms with van der Waals surface area (Å²) < 4.78 is 23.8. The van der Waals surface area contributed by atoms with Gasteiger partial charge in [0.2, 0.25) is 5.75 Å². The maximum Gasteiger partial charge on any atom is 0.295 e. The summed E-state index contributed by atoms with van der Waals surface area (Å²) in [5.41, 5.74) is 2.02. The Balaban J connectivity index is 1.68. The van der Waals surface area contributed by atoms with E-state index in [4.69, 9.17) is 18.9 Å². The van der Waals surface area contributed by atoms with Gasteiger partial charge in [-0.2, -0.15) is 0 Å². The molecule has 1 atom stereocenters. The fourth-order valence-electron chi connectivity index (χ4n) is 5.32. The number of amides is 1. The topological polar surface area (TPSA) is 115 Å². The predicted molar refractivity (Wildman–Crippen MR) is 142 cm³/mol. The Hall–Kier alpha value is -4.09. The van der Waals surface area contributed by atoms with Crippen LogP contribution in [0.2, 0.25) is 0 Å². The molecule has 2 fully saturated rings. The van der Waals surface area contributed by atoms with Gasteiger partial charge in [-0.1, -0.05) is 6.07 Å². The maximum atomic E-state index is 13.6. The van der Waals surface area contributed by atoms with Crippen molar-refractivity contribution in [1.82, 2.24) is 19.2 Å². The van der Waals surface area contributed by atoms with Gasteiger partial charge in [0.15, 0.2) is 17.3 Å². The van der Waals surface area contributed by atoms with Gasteiger partial charge in [-0.05, 0) is 36.8 Å². The van der Waals surface area contributed by atoms with Crippen LogP contribution in [0.25, 0.3) is 11.4 Å². The zero-order valence-corrected chi connectivity index (χ0v) is 22.5. The van der Waals surface area contributed by atoms with E-state index in [2.05, 4.69) is 9.88 Å². The molecule has 1 N–H and O–H groups in total. The minimum absolute atomic E-state index is 0.0231. The molecule has 2 aliphatic rings. The first-order valence-electron chi connectivity index (χ1n) is 12.7. The lowest BCUT2D eigenvalue weighted by molar-refractivity contribution is -0.140. The third kappa shape index (κ3) is 4.68. The van der Waals surface area contributed by atoms with Gasteiger partial charge in [0.05, 0.1) is 51.9 Å². The number of aliphatic hydroxyl groups excluding tert-OH is 1. The monoisotopic (exact) mass is 536 g/mol. The minimum Gasteiger partial charge on any atom is -0.505 e. The van der Waals surface area contributed by atoms with Gasteiger partial charge in [0.1, 0.15) is 11.3 Å². The highest BCUT2D eigenvalue weighted by Crippen LogP contribution is 2.45. The smallest absolute Gasteiger partial charge is 0.295 e. The molecule has 0 saturated carbocycles. The number of benzene rings is 1. The lowest BCUT2D eigenvalue weighted by Gasteiger charge is -2.31. The number of pyridine rings is 1. The number of likely N-dealkylation sites (tertiary alicyclic amines) is 1. The lowest BCUT2D eigenvalue weighted by Crippen LogP contribution is -2.42. The van der Waals surface area contributed by atoms with Crippen molar-refractivity contribution in [1.29, 1.82) is 0 Å². The van der Waals surface area contributed by atoms with Crippen molar-refractivity contribution in [3.63, 3.8) is 0 Å². The first-order chi connectivity index (χ1) is 18.9. The third-order valence-electron chi connectivity index (χ3n) is 7.23. The highest BCUT2D eigenvalue weighted by atomic mass is 16.5. The SMILES string of the molecule is COc1cc([C@H]2C(=C(O)c3c(C)nc4ccccn34)C(=O)C(=O)N2CCN2CCOCC2)cc(OC)c1OC. The summed E-state index contributed by atoms with van der Waals surface area (Å²) in [4.78, 5) is 35.3. The molecule has 0 spiro atoms. The summed E-state index contributed by atoms with van der Waals surface area (Å²) in [6.45, 7) is 5.27. The quantitative estimate of drug-likeness (QED) is 0.263. The molecule has 11 heteroatoms. The van der Waals surface area contributed by atoms with Crippen LogP contribution in [0.15, 0.2) is 42.1 Å². The van der Waals surface area contributed by atoms with Crippen LogP contribution < -0.4 is 14.2 Å². The van der Waals surface area contributed by atoms with E-state index in [9.17, 15) is 14.7 Å². The molecule has 2 aromatic heterocycles. The number of carbonyl (C=O) groups excluding carboxylic acids is 2. The second-order valence-corrected chi connectivity index (χ2v) is 9.38. The molecule has 1 amide bonds. The number of hydrogen-bond acceptors (Lipinski definition) is 9. The number of methoxy groups -OCH3 is 3. The second kappa shape index (κ2) is 11.0. The van der Waals surface area contributed by atoms with Crippen LogP contribution in [-0.4, -0.2) is 96.7 Å². The number of carbonyl (C=O) groups is 2. The number of hydrogen-bond donors (Lipinski definition) is 1. The standard InChI is InChI=1S/C28H32N4O7/c1-17-23(31-8-6-5-7-21(31)29-17)25(33)22-24(18-15-19(36-2)27(38-4)20(16-18)37-3)32(28(35)26(22)34)10-9-30-11-13-39-14-12-30/h5-8,15-16,24,33H,9-14H2,1-4H3/t24-/m0/s1. The number of rotatable bonds is 8. The van der Waals surface area contributed by atoms with Crippen LogP contribution in [0.5, 0.6) is 17.2 Å². The number of fused-ring (bicyclic) bond motifs is 1. The summed E-state index contributed by atoms with van der Waals surface area (Å²) in [5, 5.41) is 11.7. The van der Waals surface area contributed by atoms with Gasteiger partial charge in [0.25, 0.3) is 11.7 Å². The summed E-state index contributed by atoms with van der Waals surface area (Å²) in [6, 6.07) is 7.96. The molecule has 0 radical (unpaired) electrons. The van der Waals surface area contributed by atoms with E-state index in [1.54, 1.807) is 35.7 Å². The Morgan fingerprint density at radius 3 is 2.38 bits per heavy atom. The normalized spacial score (nSPS) is 19.6. The van der Waals surface area contributed by atoms with E-state index in [1.165, 1.54) is 26.2 Å². The second-order valence-electron chi connectivity index (χ2n) is 9.38. The molecule has 2 aliphatic heterocycles. The van der Waals surface area contributed by atoms with Crippen LogP contribution in [0.4, 0.5) is 0 Å². The fraction of sp³-hybridized carbons (Fsp3) is 0.393. The van der Waals surface area contributed by atoms with Crippen molar-refractivity contribution in [2.24, 2.45) is 0 Å². The Labute approximate surface area is 226 Å². The number of aliphatic hydroxyl groups is 1. The van der Waals surface area contributed by atoms with Gasteiger partial charge in [0, 0.05) is 32.4 Å². The number of morpholine rings is 1. The zero-order chi connectivity index (χ0) is 27.7. The molecular formula is C28H32N4O7. The van der Waals surface area contributed by atoms with E-state index in [1.807, 2.05) is 12.1 Å². The van der Waals surface area contributed by atoms with E-state index in [-0.39, 0.29) is 17.9 Å². The molecule has 5 rings (SSSR count). The van der Waals surface area contributed by atoms with Crippen molar-refractivity contribution in [3.05, 3.63) is 59.1 Å². The fourth-order valence-corrected chi connectivity index (χ4v) is 5.32. The molecule has 0 unspecified atom stereocenters. The average molecular weight is 537 g/mol. The van der Waals surface area contributed by atoms with Gasteiger partial charge in [-0.15, -0.1) is 0 Å². The van der Waals surface area contributed by atoms with Crippen LogP contribution in [0.1, 0.15) is 23.0 Å². The van der Waals surface area contributed by atoms with Gasteiger partial charge < -0.3 is 29.0 Å². The number of Topliss-reactive ketones (excluding diaryl/α,β-unsaturated/α-hetero) is 1. The molecular weight excluding hydrogens is 504 g/mol. The summed E-state index contributed by atoms with van der Waals surface area (Å²) in [7, 11) is 4.50. The number of imidazole rings is 1. The third-order valence-corrected chi connectivity index (χ3v) is 7.23. The molecule has 2 saturated heterocycles. The highest BCUT2D eigenvalue weighted by Gasteiger charge is 2.47. The van der Waals surface area contributed by atoms with Crippen molar-refractivity contribution in [2.45, 2.75) is 13.0 Å². The van der Waals surface area contributed by atoms with Crippen LogP contribution in [-0.2, 0) is 14.3 Å². The van der Waals surface area contributed by atoms with Gasteiger partial charge in [-0.25, -0.2) is 4.98 Å². The Morgan fingerprint density at radius 2 is 1.74 bits per heavy atom. The average Bonchev–Trinajstić information content (AvgIpc) is 3.43. The number of aromatic nitrogens is 2. The van der Waals surface area contributed by atoms with Crippen LogP contribution in [0, 0.1) is 6.92 Å². The van der Waals surface area contributed by atoms with Gasteiger partial charge >= 0.3 is 0 Å². The van der Waals surface area contributed by atoms with E-state index < -0.39 is 17.7 Å². The first kappa shape index (κ1) is 26.5. The summed E-state index contributed by atoms with van der Waals surface area (Å²) >= 11 is 0. The molecule has 1 aromatic carbocycles. The molecule has 4 heterocycles.